The molecule has 0 atom stereocenters. The fourth-order valence-corrected chi connectivity index (χ4v) is 7.10. The van der Waals surface area contributed by atoms with Gasteiger partial charge in [0, 0.05) is 37.2 Å². The summed E-state index contributed by atoms with van der Waals surface area (Å²) < 4.78 is 72.7. The Morgan fingerprint density at radius 2 is 1.20 bits per heavy atom. The van der Waals surface area contributed by atoms with Crippen LogP contribution < -0.4 is 21.7 Å². The summed E-state index contributed by atoms with van der Waals surface area (Å²) in [6.45, 7) is 0. The van der Waals surface area contributed by atoms with Gasteiger partial charge in [0.1, 0.15) is 21.4 Å². The summed E-state index contributed by atoms with van der Waals surface area (Å²) in [5.41, 5.74) is -4.66. The van der Waals surface area contributed by atoms with Crippen molar-refractivity contribution < 1.29 is 40.6 Å². The first-order chi connectivity index (χ1) is 21.7. The lowest BCUT2D eigenvalue weighted by atomic mass is 9.99. The number of fused-ring (bicyclic) bond motifs is 8. The van der Waals surface area contributed by atoms with Crippen molar-refractivity contribution in [3.05, 3.63) is 95.5 Å². The molecule has 0 bridgehead atoms. The molecule has 0 radical (unpaired) electrons. The van der Waals surface area contributed by atoms with Crippen LogP contribution in [0, 0.1) is 0 Å². The van der Waals surface area contributed by atoms with Gasteiger partial charge in [-0.2, -0.15) is 16.8 Å². The van der Waals surface area contributed by atoms with Gasteiger partial charge in [0.15, 0.2) is 21.7 Å². The average molecular weight is 681 g/mol. The van der Waals surface area contributed by atoms with E-state index in [4.69, 9.17) is 5.26 Å². The summed E-state index contributed by atoms with van der Waals surface area (Å²) in [6.07, 6.45) is 0. The molecule has 0 aliphatic carbocycles. The van der Waals surface area contributed by atoms with Crippen LogP contribution in [0.5, 0.6) is 0 Å². The predicted molar refractivity (Wildman–Crippen MR) is 165 cm³/mol. The SMILES string of the molecule is O=c1c2ccc(S(=O)(=O)O)cc2c(=O)c2c1ccc1nc3c(nc12)c(S(=O)(=O)O)cc1c(=O)c2ccc(SOOO)cc2c(=O)c13. The molecule has 0 fully saturated rings. The van der Waals surface area contributed by atoms with Crippen LogP contribution >= 0.6 is 12.0 Å². The highest BCUT2D eigenvalue weighted by molar-refractivity contribution is 7.94. The molecule has 6 aromatic carbocycles. The molecule has 46 heavy (non-hydrogen) atoms. The van der Waals surface area contributed by atoms with E-state index in [0.717, 1.165) is 24.3 Å². The van der Waals surface area contributed by atoms with Crippen molar-refractivity contribution in [3.8, 4) is 0 Å². The van der Waals surface area contributed by atoms with Crippen LogP contribution in [0.3, 0.4) is 0 Å². The topological polar surface area (TPSA) is 241 Å². The average Bonchev–Trinajstić information content (AvgIpc) is 3.01. The third-order valence-electron chi connectivity index (χ3n) is 7.49. The van der Waals surface area contributed by atoms with Crippen molar-refractivity contribution in [3.63, 3.8) is 0 Å². The van der Waals surface area contributed by atoms with E-state index < -0.39 is 68.2 Å². The van der Waals surface area contributed by atoms with Gasteiger partial charge in [0.25, 0.3) is 20.2 Å². The van der Waals surface area contributed by atoms with Gasteiger partial charge in [-0.1, -0.05) is 5.04 Å². The lowest BCUT2D eigenvalue weighted by Gasteiger charge is -2.11. The molecule has 0 saturated carbocycles. The monoisotopic (exact) mass is 680 g/mol. The van der Waals surface area contributed by atoms with Gasteiger partial charge in [-0.15, -0.1) is 4.33 Å². The molecule has 7 rings (SSSR count). The van der Waals surface area contributed by atoms with Gasteiger partial charge in [-0.3, -0.25) is 28.3 Å². The second kappa shape index (κ2) is 10.1. The molecule has 1 heterocycles. The minimum Gasteiger partial charge on any atom is -0.289 e. The molecule has 0 amide bonds. The number of nitrogens with zero attached hydrogens (tertiary/aromatic N) is 2. The van der Waals surface area contributed by atoms with E-state index in [1.165, 1.54) is 30.3 Å². The lowest BCUT2D eigenvalue weighted by Crippen LogP contribution is -2.16. The van der Waals surface area contributed by atoms with Gasteiger partial charge >= 0.3 is 0 Å². The van der Waals surface area contributed by atoms with Crippen molar-refractivity contribution in [1.29, 1.82) is 0 Å². The van der Waals surface area contributed by atoms with Crippen LogP contribution in [0.1, 0.15) is 0 Å². The fraction of sp³-hybridized carbons (Fsp3) is 0. The first-order valence-electron chi connectivity index (χ1n) is 12.6. The Balaban J connectivity index is 1.69. The summed E-state index contributed by atoms with van der Waals surface area (Å²) in [6, 6.07) is 10.0. The Kier molecular flexibility index (Phi) is 6.57. The molecular formula is C28H12N2O13S3. The van der Waals surface area contributed by atoms with Crippen molar-refractivity contribution >= 4 is 97.4 Å². The van der Waals surface area contributed by atoms with E-state index in [1.54, 1.807) is 0 Å². The van der Waals surface area contributed by atoms with E-state index in [-0.39, 0.29) is 53.6 Å². The zero-order chi connectivity index (χ0) is 32.9. The van der Waals surface area contributed by atoms with Crippen LogP contribution in [-0.2, 0) is 29.6 Å². The first-order valence-corrected chi connectivity index (χ1v) is 16.2. The Bertz CT molecular complexity index is 2990. The summed E-state index contributed by atoms with van der Waals surface area (Å²) in [7, 11) is -9.92. The minimum absolute atomic E-state index is 0.109. The molecule has 0 aliphatic rings. The highest BCUT2D eigenvalue weighted by Gasteiger charge is 2.25. The van der Waals surface area contributed by atoms with Gasteiger partial charge in [0.05, 0.1) is 33.2 Å². The largest absolute Gasteiger partial charge is 0.296 e. The molecule has 1 aromatic heterocycles. The van der Waals surface area contributed by atoms with E-state index in [9.17, 15) is 45.1 Å². The maximum Gasteiger partial charge on any atom is 0.296 e. The van der Waals surface area contributed by atoms with Crippen LogP contribution in [-0.4, -0.2) is 41.2 Å². The predicted octanol–water partition coefficient (Wildman–Crippen LogP) is 2.63. The number of aromatic nitrogens is 2. The molecule has 0 unspecified atom stereocenters. The fourth-order valence-electron chi connectivity index (χ4n) is 5.54. The van der Waals surface area contributed by atoms with Crippen LogP contribution in [0.15, 0.2) is 88.5 Å². The zero-order valence-electron chi connectivity index (χ0n) is 22.2. The molecular weight excluding hydrogens is 669 g/mol. The summed E-state index contributed by atoms with van der Waals surface area (Å²) in [4.78, 5) is 61.8. The molecule has 15 nitrogen and oxygen atoms in total. The van der Waals surface area contributed by atoms with E-state index in [0.29, 0.717) is 12.0 Å². The van der Waals surface area contributed by atoms with Crippen LogP contribution in [0.2, 0.25) is 0 Å². The quantitative estimate of drug-likeness (QED) is 0.0591. The van der Waals surface area contributed by atoms with E-state index >= 15 is 0 Å². The first kappa shape index (κ1) is 29.9. The molecule has 230 valence electrons. The van der Waals surface area contributed by atoms with Crippen molar-refractivity contribution in [2.75, 3.05) is 0 Å². The van der Waals surface area contributed by atoms with E-state index in [2.05, 4.69) is 19.3 Å². The summed E-state index contributed by atoms with van der Waals surface area (Å²) in [5.74, 6) is 0. The van der Waals surface area contributed by atoms with E-state index in [1.807, 2.05) is 0 Å². The molecule has 0 aliphatic heterocycles. The molecule has 3 N–H and O–H groups in total. The zero-order valence-corrected chi connectivity index (χ0v) is 24.7. The summed E-state index contributed by atoms with van der Waals surface area (Å²) >= 11 is 0.517. The molecule has 0 spiro atoms. The highest BCUT2D eigenvalue weighted by atomic mass is 32.2. The lowest BCUT2D eigenvalue weighted by molar-refractivity contribution is -0.432. The normalized spacial score (nSPS) is 12.8. The van der Waals surface area contributed by atoms with Gasteiger partial charge in [-0.05, 0) is 54.6 Å². The smallest absolute Gasteiger partial charge is 0.289 e. The molecule has 18 heteroatoms. The second-order valence-corrected chi connectivity index (χ2v) is 13.6. The molecule has 0 saturated heterocycles. The van der Waals surface area contributed by atoms with Crippen LogP contribution in [0.4, 0.5) is 0 Å². The van der Waals surface area contributed by atoms with Gasteiger partial charge < -0.3 is 0 Å². The third kappa shape index (κ3) is 4.39. The Morgan fingerprint density at radius 3 is 1.85 bits per heavy atom. The second-order valence-electron chi connectivity index (χ2n) is 9.98. The maximum atomic E-state index is 13.8. The molecule has 7 aromatic rings. The minimum atomic E-state index is -5.15. The Hall–Kier alpha value is -4.79. The number of benzene rings is 6. The number of hydrogen-bond donors (Lipinski definition) is 3. The van der Waals surface area contributed by atoms with Crippen molar-refractivity contribution in [2.45, 2.75) is 14.7 Å². The third-order valence-corrected chi connectivity index (χ3v) is 9.78. The maximum absolute atomic E-state index is 13.8. The standard InChI is InChI=1S/C28H12N2O13S3/c31-25-13-4-2-11(45(36,37)38)8-16(13)28(34)20-14(25)5-6-18-22(20)30-23-19(46(39,40)41)9-17-21(24(23)29-18)27(33)15-7-10(44-43-42-35)1-3-12(15)26(17)32/h1-9,35H,(H,36,37,38)(H,39,40,41). The number of rotatable bonds is 5. The van der Waals surface area contributed by atoms with Crippen molar-refractivity contribution in [1.82, 2.24) is 9.97 Å². The number of hydrogen-bond acceptors (Lipinski definition) is 14. The van der Waals surface area contributed by atoms with Gasteiger partial charge in [-0.25, -0.2) is 15.2 Å². The summed E-state index contributed by atoms with van der Waals surface area (Å²) in [5, 5.41) is 9.91. The van der Waals surface area contributed by atoms with Gasteiger partial charge in [0.2, 0.25) is 0 Å². The highest BCUT2D eigenvalue weighted by Crippen LogP contribution is 2.32. The van der Waals surface area contributed by atoms with Crippen molar-refractivity contribution in [2.24, 2.45) is 0 Å². The Labute approximate surface area is 257 Å². The van der Waals surface area contributed by atoms with Crippen LogP contribution in [0.25, 0.3) is 65.2 Å². The Morgan fingerprint density at radius 1 is 0.587 bits per heavy atom.